The molecule has 1 N–H and O–H groups in total. The Bertz CT molecular complexity index is 551. The zero-order valence-corrected chi connectivity index (χ0v) is 11.3. The summed E-state index contributed by atoms with van der Waals surface area (Å²) in [4.78, 5) is 4.42. The van der Waals surface area contributed by atoms with Crippen LogP contribution < -0.4 is 5.32 Å². The van der Waals surface area contributed by atoms with Gasteiger partial charge in [-0.25, -0.2) is 4.98 Å². The number of nitriles is 1. The summed E-state index contributed by atoms with van der Waals surface area (Å²) in [5.74, 6) is 0. The van der Waals surface area contributed by atoms with Crippen molar-refractivity contribution in [2.45, 2.75) is 26.4 Å². The largest absolute Gasteiger partial charge is 0.304 e. The van der Waals surface area contributed by atoms with Crippen molar-refractivity contribution < 1.29 is 0 Å². The lowest BCUT2D eigenvalue weighted by molar-refractivity contribution is 0.573. The maximum Gasteiger partial charge on any atom is 0.107 e. The molecule has 0 aliphatic rings. The normalized spacial score (nSPS) is 12.1. The van der Waals surface area contributed by atoms with E-state index in [1.807, 2.05) is 31.2 Å². The maximum atomic E-state index is 8.75. The number of thiazole rings is 1. The lowest BCUT2D eigenvalue weighted by Gasteiger charge is -2.13. The molecule has 3 nitrogen and oxygen atoms in total. The highest BCUT2D eigenvalue weighted by molar-refractivity contribution is 7.09. The first kappa shape index (κ1) is 12.7. The van der Waals surface area contributed by atoms with Gasteiger partial charge in [-0.1, -0.05) is 12.1 Å². The van der Waals surface area contributed by atoms with Crippen LogP contribution in [0.15, 0.2) is 29.6 Å². The third kappa shape index (κ3) is 3.16. The highest BCUT2D eigenvalue weighted by Crippen LogP contribution is 2.15. The summed E-state index contributed by atoms with van der Waals surface area (Å²) in [6.45, 7) is 4.89. The predicted octanol–water partition coefficient (Wildman–Crippen LogP) is 3.17. The summed E-state index contributed by atoms with van der Waals surface area (Å²) in [5.41, 5.74) is 2.95. The van der Waals surface area contributed by atoms with Crippen LogP contribution in [0.25, 0.3) is 0 Å². The van der Waals surface area contributed by atoms with E-state index in [-0.39, 0.29) is 6.04 Å². The van der Waals surface area contributed by atoms with Gasteiger partial charge in [-0.15, -0.1) is 11.3 Å². The van der Waals surface area contributed by atoms with Gasteiger partial charge in [-0.3, -0.25) is 0 Å². The van der Waals surface area contributed by atoms with Gasteiger partial charge in [0, 0.05) is 23.7 Å². The molecule has 0 fully saturated rings. The van der Waals surface area contributed by atoms with E-state index in [0.29, 0.717) is 5.56 Å². The van der Waals surface area contributed by atoms with Crippen LogP contribution in [0, 0.1) is 18.3 Å². The number of nitrogens with one attached hydrogen (secondary N) is 1. The average Bonchev–Trinajstić information content (AvgIpc) is 2.82. The van der Waals surface area contributed by atoms with Crippen LogP contribution in [0.5, 0.6) is 0 Å². The molecule has 0 saturated heterocycles. The molecule has 1 aromatic heterocycles. The molecule has 0 saturated carbocycles. The second-order valence-corrected chi connectivity index (χ2v) is 5.16. The van der Waals surface area contributed by atoms with Gasteiger partial charge >= 0.3 is 0 Å². The van der Waals surface area contributed by atoms with E-state index in [2.05, 4.69) is 28.7 Å². The van der Waals surface area contributed by atoms with E-state index in [0.717, 1.165) is 17.2 Å². The van der Waals surface area contributed by atoms with Gasteiger partial charge in [-0.2, -0.15) is 5.26 Å². The first-order chi connectivity index (χ1) is 8.69. The Morgan fingerprint density at radius 3 is 2.67 bits per heavy atom. The molecule has 92 valence electrons. The molecule has 1 unspecified atom stereocenters. The molecule has 0 amide bonds. The van der Waals surface area contributed by atoms with E-state index in [4.69, 9.17) is 5.26 Å². The molecule has 1 aromatic carbocycles. The van der Waals surface area contributed by atoms with Crippen molar-refractivity contribution in [1.82, 2.24) is 10.3 Å². The summed E-state index contributed by atoms with van der Waals surface area (Å²) in [6.07, 6.45) is 0. The zero-order chi connectivity index (χ0) is 13.0. The van der Waals surface area contributed by atoms with Crippen molar-refractivity contribution in [3.05, 3.63) is 51.5 Å². The number of rotatable bonds is 4. The molecular weight excluding hydrogens is 242 g/mol. The van der Waals surface area contributed by atoms with Crippen molar-refractivity contribution in [2.24, 2.45) is 0 Å². The van der Waals surface area contributed by atoms with E-state index in [9.17, 15) is 0 Å². The monoisotopic (exact) mass is 257 g/mol. The van der Waals surface area contributed by atoms with Gasteiger partial charge in [0.2, 0.25) is 0 Å². The SMILES string of the molecule is Cc1csc(CNC(C)c2ccc(C#N)cc2)n1. The third-order valence-corrected chi connectivity index (χ3v) is 3.73. The number of aryl methyl sites for hydroxylation is 1. The number of hydrogen-bond acceptors (Lipinski definition) is 4. The summed E-state index contributed by atoms with van der Waals surface area (Å²) >= 11 is 1.68. The molecule has 18 heavy (non-hydrogen) atoms. The summed E-state index contributed by atoms with van der Waals surface area (Å²) in [7, 11) is 0. The Morgan fingerprint density at radius 1 is 1.39 bits per heavy atom. The molecular formula is C14H15N3S. The van der Waals surface area contributed by atoms with Crippen LogP contribution in [-0.4, -0.2) is 4.98 Å². The molecule has 2 aromatic rings. The fourth-order valence-corrected chi connectivity index (χ4v) is 2.41. The predicted molar refractivity (Wildman–Crippen MR) is 73.3 cm³/mol. The van der Waals surface area contributed by atoms with Crippen molar-refractivity contribution >= 4 is 11.3 Å². The molecule has 0 radical (unpaired) electrons. The lowest BCUT2D eigenvalue weighted by atomic mass is 10.1. The molecule has 2 rings (SSSR count). The Balaban J connectivity index is 1.95. The molecule has 1 heterocycles. The number of nitrogens with zero attached hydrogens (tertiary/aromatic N) is 2. The highest BCUT2D eigenvalue weighted by atomic mass is 32.1. The van der Waals surface area contributed by atoms with Crippen molar-refractivity contribution in [3.8, 4) is 6.07 Å². The Labute approximate surface area is 111 Å². The van der Waals surface area contributed by atoms with Crippen molar-refractivity contribution in [3.63, 3.8) is 0 Å². The molecule has 0 bridgehead atoms. The van der Waals surface area contributed by atoms with E-state index in [1.54, 1.807) is 11.3 Å². The summed E-state index contributed by atoms with van der Waals surface area (Å²) < 4.78 is 0. The topological polar surface area (TPSA) is 48.7 Å². The van der Waals surface area contributed by atoms with Gasteiger partial charge in [0.1, 0.15) is 5.01 Å². The van der Waals surface area contributed by atoms with Crippen LogP contribution >= 0.6 is 11.3 Å². The van der Waals surface area contributed by atoms with Crippen LogP contribution in [0.1, 0.15) is 34.8 Å². The third-order valence-electron chi connectivity index (χ3n) is 2.77. The smallest absolute Gasteiger partial charge is 0.107 e. The summed E-state index contributed by atoms with van der Waals surface area (Å²) in [6, 6.07) is 10.1. The zero-order valence-electron chi connectivity index (χ0n) is 10.5. The highest BCUT2D eigenvalue weighted by Gasteiger charge is 2.06. The molecule has 0 aliphatic heterocycles. The molecule has 1 atom stereocenters. The fourth-order valence-electron chi connectivity index (χ4n) is 1.69. The van der Waals surface area contributed by atoms with Crippen LogP contribution in [0.3, 0.4) is 0 Å². The minimum Gasteiger partial charge on any atom is -0.304 e. The van der Waals surface area contributed by atoms with E-state index >= 15 is 0 Å². The second kappa shape index (κ2) is 5.76. The van der Waals surface area contributed by atoms with Crippen LogP contribution in [-0.2, 0) is 6.54 Å². The van der Waals surface area contributed by atoms with Crippen LogP contribution in [0.4, 0.5) is 0 Å². The second-order valence-electron chi connectivity index (χ2n) is 4.22. The average molecular weight is 257 g/mol. The Hall–Kier alpha value is -1.70. The number of hydrogen-bond donors (Lipinski definition) is 1. The minimum absolute atomic E-state index is 0.252. The van der Waals surface area contributed by atoms with Crippen molar-refractivity contribution in [1.29, 1.82) is 5.26 Å². The van der Waals surface area contributed by atoms with E-state index < -0.39 is 0 Å². The van der Waals surface area contributed by atoms with Crippen molar-refractivity contribution in [2.75, 3.05) is 0 Å². The number of aromatic nitrogens is 1. The Kier molecular flexibility index (Phi) is 4.08. The standard InChI is InChI=1S/C14H15N3S/c1-10-9-18-14(17-10)8-16-11(2)13-5-3-12(7-15)4-6-13/h3-6,9,11,16H,8H2,1-2H3. The van der Waals surface area contributed by atoms with Gasteiger partial charge in [-0.05, 0) is 31.5 Å². The van der Waals surface area contributed by atoms with Crippen LogP contribution in [0.2, 0.25) is 0 Å². The fraction of sp³-hybridized carbons (Fsp3) is 0.286. The Morgan fingerprint density at radius 2 is 2.11 bits per heavy atom. The molecule has 4 heteroatoms. The molecule has 0 spiro atoms. The first-order valence-corrected chi connectivity index (χ1v) is 6.71. The maximum absolute atomic E-state index is 8.75. The quantitative estimate of drug-likeness (QED) is 0.915. The van der Waals surface area contributed by atoms with Gasteiger partial charge < -0.3 is 5.32 Å². The first-order valence-electron chi connectivity index (χ1n) is 5.83. The van der Waals surface area contributed by atoms with Gasteiger partial charge in [0.15, 0.2) is 0 Å². The minimum atomic E-state index is 0.252. The number of benzene rings is 1. The van der Waals surface area contributed by atoms with E-state index in [1.165, 1.54) is 5.56 Å². The van der Waals surface area contributed by atoms with Gasteiger partial charge in [0.25, 0.3) is 0 Å². The summed E-state index contributed by atoms with van der Waals surface area (Å²) in [5, 5.41) is 15.3. The molecule has 0 aliphatic carbocycles. The van der Waals surface area contributed by atoms with Gasteiger partial charge in [0.05, 0.1) is 11.6 Å². The lowest BCUT2D eigenvalue weighted by Crippen LogP contribution is -2.17.